The van der Waals surface area contributed by atoms with E-state index in [2.05, 4.69) is 17.6 Å². The molecule has 172 valence electrons. The number of nitrogens with zero attached hydrogens (tertiary/aromatic N) is 1. The zero-order valence-corrected chi connectivity index (χ0v) is 20.0. The molecule has 2 amide bonds. The van der Waals surface area contributed by atoms with Gasteiger partial charge in [0.1, 0.15) is 11.1 Å². The predicted molar refractivity (Wildman–Crippen MR) is 120 cm³/mol. The summed E-state index contributed by atoms with van der Waals surface area (Å²) in [5, 5.41) is 6.28. The van der Waals surface area contributed by atoms with Crippen molar-refractivity contribution >= 4 is 29.5 Å². The topological polar surface area (TPSA) is 87.7 Å². The number of nitrogens with one attached hydrogen (secondary N) is 2. The van der Waals surface area contributed by atoms with E-state index in [4.69, 9.17) is 4.74 Å². The second-order valence-corrected chi connectivity index (χ2v) is 10.3. The van der Waals surface area contributed by atoms with Gasteiger partial charge in [-0.1, -0.05) is 13.3 Å². The Kier molecular flexibility index (Phi) is 9.03. The Morgan fingerprint density at radius 3 is 2.33 bits per heavy atom. The SMILES string of the molecule is CCCCN(C(=O)C1CSCC1C(=O)OC(C)(C)C)C1(C(=O)NCC)CCNCC1. The number of piperidine rings is 1. The van der Waals surface area contributed by atoms with E-state index in [1.165, 1.54) is 0 Å². The smallest absolute Gasteiger partial charge is 0.311 e. The average molecular weight is 442 g/mol. The minimum Gasteiger partial charge on any atom is -0.460 e. The van der Waals surface area contributed by atoms with Gasteiger partial charge in [-0.25, -0.2) is 0 Å². The molecule has 2 N–H and O–H groups in total. The molecule has 0 aromatic heterocycles. The first-order chi connectivity index (χ1) is 14.2. The Balaban J connectivity index is 2.32. The summed E-state index contributed by atoms with van der Waals surface area (Å²) in [6.07, 6.45) is 2.94. The zero-order chi connectivity index (χ0) is 22.4. The molecule has 7 nitrogen and oxygen atoms in total. The van der Waals surface area contributed by atoms with Gasteiger partial charge in [0.25, 0.3) is 0 Å². The van der Waals surface area contributed by atoms with Crippen molar-refractivity contribution in [3.63, 3.8) is 0 Å². The molecular weight excluding hydrogens is 402 g/mol. The third-order valence-electron chi connectivity index (χ3n) is 5.82. The van der Waals surface area contributed by atoms with Gasteiger partial charge >= 0.3 is 5.97 Å². The van der Waals surface area contributed by atoms with Crippen LogP contribution in [0.25, 0.3) is 0 Å². The van der Waals surface area contributed by atoms with Crippen molar-refractivity contribution in [2.75, 3.05) is 37.7 Å². The highest BCUT2D eigenvalue weighted by atomic mass is 32.2. The van der Waals surface area contributed by atoms with Crippen molar-refractivity contribution in [1.82, 2.24) is 15.5 Å². The monoisotopic (exact) mass is 441 g/mol. The van der Waals surface area contributed by atoms with Crippen LogP contribution in [-0.4, -0.2) is 71.5 Å². The maximum absolute atomic E-state index is 13.8. The van der Waals surface area contributed by atoms with Gasteiger partial charge in [0.2, 0.25) is 11.8 Å². The van der Waals surface area contributed by atoms with Gasteiger partial charge in [-0.15, -0.1) is 0 Å². The molecule has 0 bridgehead atoms. The van der Waals surface area contributed by atoms with Crippen molar-refractivity contribution in [3.05, 3.63) is 0 Å². The lowest BCUT2D eigenvalue weighted by molar-refractivity contribution is -0.165. The Hall–Kier alpha value is -1.28. The van der Waals surface area contributed by atoms with Crippen LogP contribution in [0.2, 0.25) is 0 Å². The van der Waals surface area contributed by atoms with Gasteiger partial charge in [0.05, 0.1) is 11.8 Å². The van der Waals surface area contributed by atoms with Crippen LogP contribution in [0.5, 0.6) is 0 Å². The molecular formula is C22H39N3O4S. The van der Waals surface area contributed by atoms with Crippen LogP contribution in [0.3, 0.4) is 0 Å². The highest BCUT2D eigenvalue weighted by molar-refractivity contribution is 7.99. The van der Waals surface area contributed by atoms with Gasteiger partial charge < -0.3 is 20.3 Å². The van der Waals surface area contributed by atoms with E-state index in [9.17, 15) is 14.4 Å². The number of likely N-dealkylation sites (N-methyl/N-ethyl adjacent to an activating group) is 1. The molecule has 2 atom stereocenters. The van der Waals surface area contributed by atoms with E-state index in [-0.39, 0.29) is 17.8 Å². The third kappa shape index (κ3) is 5.90. The summed E-state index contributed by atoms with van der Waals surface area (Å²) < 4.78 is 5.61. The molecule has 30 heavy (non-hydrogen) atoms. The number of amides is 2. The average Bonchev–Trinajstić information content (AvgIpc) is 3.18. The molecule has 2 unspecified atom stereocenters. The Bertz CT molecular complexity index is 614. The van der Waals surface area contributed by atoms with Crippen molar-refractivity contribution in [2.45, 2.75) is 71.4 Å². The van der Waals surface area contributed by atoms with Crippen LogP contribution in [0.4, 0.5) is 0 Å². The Morgan fingerprint density at radius 2 is 1.77 bits per heavy atom. The third-order valence-corrected chi connectivity index (χ3v) is 7.01. The standard InChI is InChI=1S/C22H39N3O4S/c1-6-8-13-25(22(20(28)24-7-2)9-11-23-12-10-22)18(26)16-14-30-15-17(16)19(27)29-21(3,4)5/h16-17,23H,6-15H2,1-5H3,(H,24,28). The fourth-order valence-corrected chi connectivity index (χ4v) is 5.63. The summed E-state index contributed by atoms with van der Waals surface area (Å²) in [4.78, 5) is 41.7. The molecule has 0 aromatic carbocycles. The van der Waals surface area contributed by atoms with Crippen LogP contribution in [-0.2, 0) is 19.1 Å². The number of hydrogen-bond donors (Lipinski definition) is 2. The molecule has 2 aliphatic rings. The number of carbonyl (C=O) groups is 3. The molecule has 2 saturated heterocycles. The van der Waals surface area contributed by atoms with E-state index in [1.54, 1.807) is 11.8 Å². The summed E-state index contributed by atoms with van der Waals surface area (Å²) in [6, 6.07) is 0. The molecule has 0 radical (unpaired) electrons. The fraction of sp³-hybridized carbons (Fsp3) is 0.864. The molecule has 0 spiro atoms. The molecule has 2 aliphatic heterocycles. The van der Waals surface area contributed by atoms with E-state index in [0.29, 0.717) is 50.5 Å². The first kappa shape index (κ1) is 25.0. The fourth-order valence-electron chi connectivity index (χ4n) is 4.24. The second kappa shape index (κ2) is 10.8. The summed E-state index contributed by atoms with van der Waals surface area (Å²) in [5.74, 6) is -0.175. The molecule has 0 saturated carbocycles. The van der Waals surface area contributed by atoms with E-state index in [0.717, 1.165) is 12.8 Å². The predicted octanol–water partition coefficient (Wildman–Crippen LogP) is 2.19. The largest absolute Gasteiger partial charge is 0.460 e. The van der Waals surface area contributed by atoms with E-state index < -0.39 is 23.0 Å². The van der Waals surface area contributed by atoms with Crippen molar-refractivity contribution < 1.29 is 19.1 Å². The van der Waals surface area contributed by atoms with Crippen LogP contribution in [0.1, 0.15) is 60.3 Å². The zero-order valence-electron chi connectivity index (χ0n) is 19.2. The van der Waals surface area contributed by atoms with Crippen molar-refractivity contribution in [1.29, 1.82) is 0 Å². The highest BCUT2D eigenvalue weighted by Crippen LogP contribution is 2.37. The summed E-state index contributed by atoms with van der Waals surface area (Å²) in [6.45, 7) is 12.0. The number of unbranched alkanes of at least 4 members (excludes halogenated alkanes) is 1. The maximum Gasteiger partial charge on any atom is 0.311 e. The van der Waals surface area contributed by atoms with Crippen LogP contribution in [0, 0.1) is 11.8 Å². The quantitative estimate of drug-likeness (QED) is 0.562. The number of hydrogen-bond acceptors (Lipinski definition) is 6. The first-order valence-electron chi connectivity index (χ1n) is 11.3. The van der Waals surface area contributed by atoms with Gasteiger partial charge in [-0.2, -0.15) is 11.8 Å². The van der Waals surface area contributed by atoms with Gasteiger partial charge in [0.15, 0.2) is 0 Å². The number of esters is 1. The minimum absolute atomic E-state index is 0.0718. The molecule has 2 fully saturated rings. The minimum atomic E-state index is -0.848. The normalized spacial score (nSPS) is 23.6. The van der Waals surface area contributed by atoms with E-state index >= 15 is 0 Å². The van der Waals surface area contributed by atoms with Crippen LogP contribution >= 0.6 is 11.8 Å². The van der Waals surface area contributed by atoms with Crippen LogP contribution in [0.15, 0.2) is 0 Å². The number of carbonyl (C=O) groups excluding carboxylic acids is 3. The molecule has 0 aromatic rings. The lowest BCUT2D eigenvalue weighted by Gasteiger charge is -2.46. The number of ether oxygens (including phenoxy) is 1. The maximum atomic E-state index is 13.8. The lowest BCUT2D eigenvalue weighted by Crippen LogP contribution is -2.65. The van der Waals surface area contributed by atoms with E-state index in [1.807, 2.05) is 32.6 Å². The lowest BCUT2D eigenvalue weighted by atomic mass is 9.82. The van der Waals surface area contributed by atoms with Crippen molar-refractivity contribution in [3.8, 4) is 0 Å². The molecule has 2 heterocycles. The molecule has 8 heteroatoms. The Labute approximate surface area is 185 Å². The summed E-state index contributed by atoms with van der Waals surface area (Å²) >= 11 is 1.62. The summed E-state index contributed by atoms with van der Waals surface area (Å²) in [5.41, 5.74) is -1.43. The first-order valence-corrected chi connectivity index (χ1v) is 12.4. The van der Waals surface area contributed by atoms with Crippen LogP contribution < -0.4 is 10.6 Å². The van der Waals surface area contributed by atoms with Gasteiger partial charge in [0, 0.05) is 24.6 Å². The molecule has 2 rings (SSSR count). The molecule has 0 aliphatic carbocycles. The number of rotatable bonds is 8. The number of thioether (sulfide) groups is 1. The highest BCUT2D eigenvalue weighted by Gasteiger charge is 2.50. The van der Waals surface area contributed by atoms with Crippen molar-refractivity contribution in [2.24, 2.45) is 11.8 Å². The van der Waals surface area contributed by atoms with Gasteiger partial charge in [-0.3, -0.25) is 14.4 Å². The second-order valence-electron chi connectivity index (χ2n) is 9.27. The van der Waals surface area contributed by atoms with Gasteiger partial charge in [-0.05, 0) is 60.0 Å². The summed E-state index contributed by atoms with van der Waals surface area (Å²) in [7, 11) is 0. The Morgan fingerprint density at radius 1 is 1.13 bits per heavy atom.